The predicted octanol–water partition coefficient (Wildman–Crippen LogP) is 1.47. The highest BCUT2D eigenvalue weighted by Gasteiger charge is 2.38. The summed E-state index contributed by atoms with van der Waals surface area (Å²) in [5.41, 5.74) is 1.33. The van der Waals surface area contributed by atoms with Gasteiger partial charge in [-0.15, -0.1) is 0 Å². The number of carbonyl (C=O) groups is 1. The molecule has 84 valence electrons. The molecule has 0 aromatic heterocycles. The molecule has 3 rings (SSSR count). The summed E-state index contributed by atoms with van der Waals surface area (Å²) in [7, 11) is 0. The molecule has 2 aliphatic heterocycles. The van der Waals surface area contributed by atoms with Gasteiger partial charge in [-0.25, -0.2) is 4.39 Å². The van der Waals surface area contributed by atoms with E-state index in [-0.39, 0.29) is 23.6 Å². The zero-order chi connectivity index (χ0) is 11.1. The van der Waals surface area contributed by atoms with Crippen LogP contribution in [-0.4, -0.2) is 19.0 Å². The van der Waals surface area contributed by atoms with Gasteiger partial charge in [0.05, 0.1) is 11.6 Å². The van der Waals surface area contributed by atoms with Crippen LogP contribution in [0.4, 0.5) is 10.1 Å². The molecule has 0 spiro atoms. The predicted molar refractivity (Wildman–Crippen MR) is 58.7 cm³/mol. The maximum Gasteiger partial charge on any atom is 0.229 e. The van der Waals surface area contributed by atoms with Gasteiger partial charge in [0, 0.05) is 12.5 Å². The Morgan fingerprint density at radius 2 is 2.19 bits per heavy atom. The molecule has 2 heterocycles. The van der Waals surface area contributed by atoms with Crippen LogP contribution >= 0.6 is 0 Å². The molecule has 2 unspecified atom stereocenters. The number of nitrogens with one attached hydrogen (secondary N) is 2. The van der Waals surface area contributed by atoms with Crippen LogP contribution in [0.3, 0.4) is 0 Å². The highest BCUT2D eigenvalue weighted by atomic mass is 19.1. The molecule has 16 heavy (non-hydrogen) atoms. The second kappa shape index (κ2) is 3.56. The Morgan fingerprint density at radius 1 is 1.31 bits per heavy atom. The van der Waals surface area contributed by atoms with Crippen molar-refractivity contribution in [2.45, 2.75) is 12.3 Å². The maximum absolute atomic E-state index is 13.6. The first-order valence-corrected chi connectivity index (χ1v) is 5.57. The molecule has 0 bridgehead atoms. The molecule has 4 heteroatoms. The standard InChI is InChI=1S/C12H13FN2O/c13-10-3-1-2-8-7-4-5-14-6-9(7)12(16)15-11(8)10/h1-3,7,9,14H,4-6H2,(H,15,16). The largest absolute Gasteiger partial charge is 0.323 e. The van der Waals surface area contributed by atoms with E-state index in [9.17, 15) is 9.18 Å². The fourth-order valence-electron chi connectivity index (χ4n) is 2.70. The molecule has 3 nitrogen and oxygen atoms in total. The van der Waals surface area contributed by atoms with E-state index in [1.807, 2.05) is 6.07 Å². The van der Waals surface area contributed by atoms with E-state index in [1.54, 1.807) is 6.07 Å². The van der Waals surface area contributed by atoms with Crippen molar-refractivity contribution in [2.75, 3.05) is 18.4 Å². The smallest absolute Gasteiger partial charge is 0.229 e. The molecule has 2 aliphatic rings. The average molecular weight is 220 g/mol. The molecule has 0 aliphatic carbocycles. The van der Waals surface area contributed by atoms with Crippen molar-refractivity contribution in [1.29, 1.82) is 0 Å². The van der Waals surface area contributed by atoms with Crippen molar-refractivity contribution in [3.8, 4) is 0 Å². The zero-order valence-electron chi connectivity index (χ0n) is 8.79. The molecule has 0 radical (unpaired) electrons. The summed E-state index contributed by atoms with van der Waals surface area (Å²) in [6, 6.07) is 5.02. The molecular weight excluding hydrogens is 207 g/mol. The minimum atomic E-state index is -0.331. The van der Waals surface area contributed by atoms with Crippen LogP contribution in [0.1, 0.15) is 17.9 Å². The molecule has 0 saturated carbocycles. The Balaban J connectivity index is 2.10. The third-order valence-corrected chi connectivity index (χ3v) is 3.51. The van der Waals surface area contributed by atoms with Crippen LogP contribution in [0.5, 0.6) is 0 Å². The van der Waals surface area contributed by atoms with Gasteiger partial charge in [0.15, 0.2) is 0 Å². The highest BCUT2D eigenvalue weighted by molar-refractivity contribution is 5.97. The number of para-hydroxylation sites is 1. The van der Waals surface area contributed by atoms with E-state index >= 15 is 0 Å². The first-order chi connectivity index (χ1) is 7.77. The number of amides is 1. The molecule has 2 N–H and O–H groups in total. The van der Waals surface area contributed by atoms with Crippen molar-refractivity contribution in [1.82, 2.24) is 5.32 Å². The van der Waals surface area contributed by atoms with Gasteiger partial charge in [-0.3, -0.25) is 4.79 Å². The molecule has 1 aromatic rings. The number of hydrogen-bond acceptors (Lipinski definition) is 2. The van der Waals surface area contributed by atoms with Gasteiger partial charge in [-0.05, 0) is 24.6 Å². The minimum Gasteiger partial charge on any atom is -0.323 e. The molecule has 1 aromatic carbocycles. The lowest BCUT2D eigenvalue weighted by molar-refractivity contribution is -0.121. The van der Waals surface area contributed by atoms with Gasteiger partial charge in [0.1, 0.15) is 5.82 Å². The molecule has 1 amide bonds. The van der Waals surface area contributed by atoms with E-state index in [0.29, 0.717) is 12.2 Å². The normalized spacial score (nSPS) is 27.9. The quantitative estimate of drug-likeness (QED) is 0.695. The van der Waals surface area contributed by atoms with Crippen molar-refractivity contribution < 1.29 is 9.18 Å². The second-order valence-corrected chi connectivity index (χ2v) is 4.40. The average Bonchev–Trinajstić information content (AvgIpc) is 2.31. The Morgan fingerprint density at radius 3 is 3.06 bits per heavy atom. The van der Waals surface area contributed by atoms with Gasteiger partial charge < -0.3 is 10.6 Å². The van der Waals surface area contributed by atoms with E-state index in [2.05, 4.69) is 10.6 Å². The fourth-order valence-corrected chi connectivity index (χ4v) is 2.70. The summed E-state index contributed by atoms with van der Waals surface area (Å²) in [5.74, 6) is -0.276. The lowest BCUT2D eigenvalue weighted by Gasteiger charge is -2.36. The third kappa shape index (κ3) is 1.33. The topological polar surface area (TPSA) is 41.1 Å². The summed E-state index contributed by atoms with van der Waals surface area (Å²) >= 11 is 0. The molecule has 1 saturated heterocycles. The van der Waals surface area contributed by atoms with Crippen LogP contribution in [0.25, 0.3) is 0 Å². The van der Waals surface area contributed by atoms with Gasteiger partial charge in [-0.1, -0.05) is 12.1 Å². The summed E-state index contributed by atoms with van der Waals surface area (Å²) in [6.45, 7) is 1.58. The number of rotatable bonds is 0. The van der Waals surface area contributed by atoms with Gasteiger partial charge in [-0.2, -0.15) is 0 Å². The van der Waals surface area contributed by atoms with Crippen molar-refractivity contribution in [2.24, 2.45) is 5.92 Å². The zero-order valence-corrected chi connectivity index (χ0v) is 8.79. The van der Waals surface area contributed by atoms with Crippen molar-refractivity contribution in [3.63, 3.8) is 0 Å². The summed E-state index contributed by atoms with van der Waals surface area (Å²) in [5, 5.41) is 5.88. The molecule has 1 fully saturated rings. The Bertz CT molecular complexity index is 447. The van der Waals surface area contributed by atoms with Gasteiger partial charge in [0.2, 0.25) is 5.91 Å². The van der Waals surface area contributed by atoms with Crippen molar-refractivity contribution >= 4 is 11.6 Å². The number of piperidine rings is 1. The fraction of sp³-hybridized carbons (Fsp3) is 0.417. The lowest BCUT2D eigenvalue weighted by atomic mass is 9.77. The third-order valence-electron chi connectivity index (χ3n) is 3.51. The van der Waals surface area contributed by atoms with E-state index in [4.69, 9.17) is 0 Å². The summed E-state index contributed by atoms with van der Waals surface area (Å²) in [4.78, 5) is 11.8. The SMILES string of the molecule is O=C1Nc2c(F)cccc2C2CCNCC12. The summed E-state index contributed by atoms with van der Waals surface area (Å²) in [6.07, 6.45) is 0.897. The van der Waals surface area contributed by atoms with Crippen LogP contribution in [0, 0.1) is 11.7 Å². The van der Waals surface area contributed by atoms with E-state index < -0.39 is 0 Å². The van der Waals surface area contributed by atoms with Gasteiger partial charge >= 0.3 is 0 Å². The van der Waals surface area contributed by atoms with Crippen molar-refractivity contribution in [3.05, 3.63) is 29.6 Å². The van der Waals surface area contributed by atoms with Gasteiger partial charge in [0.25, 0.3) is 0 Å². The number of hydrogen-bond donors (Lipinski definition) is 2. The second-order valence-electron chi connectivity index (χ2n) is 4.40. The van der Waals surface area contributed by atoms with Crippen LogP contribution in [0.15, 0.2) is 18.2 Å². The molecular formula is C12H13FN2O. The van der Waals surface area contributed by atoms with Crippen LogP contribution < -0.4 is 10.6 Å². The Labute approximate surface area is 93.0 Å². The minimum absolute atomic E-state index is 0.0527. The number of anilines is 1. The number of halogens is 1. The Kier molecular flexibility index (Phi) is 2.17. The van der Waals surface area contributed by atoms with E-state index in [0.717, 1.165) is 18.5 Å². The number of fused-ring (bicyclic) bond motifs is 3. The van der Waals surface area contributed by atoms with Crippen LogP contribution in [0.2, 0.25) is 0 Å². The van der Waals surface area contributed by atoms with Crippen LogP contribution in [-0.2, 0) is 4.79 Å². The maximum atomic E-state index is 13.6. The molecule has 2 atom stereocenters. The monoisotopic (exact) mass is 220 g/mol. The first kappa shape index (κ1) is 9.78. The summed E-state index contributed by atoms with van der Waals surface area (Å²) < 4.78 is 13.6. The lowest BCUT2D eigenvalue weighted by Crippen LogP contribution is -2.45. The van der Waals surface area contributed by atoms with E-state index in [1.165, 1.54) is 6.07 Å². The number of benzene rings is 1. The first-order valence-electron chi connectivity index (χ1n) is 5.57. The number of carbonyl (C=O) groups excluding carboxylic acids is 1. The highest BCUT2D eigenvalue weighted by Crippen LogP contribution is 2.40. The Hall–Kier alpha value is -1.42.